The van der Waals surface area contributed by atoms with E-state index in [1.807, 2.05) is 49.4 Å². The number of amides is 1. The number of aromatic nitrogens is 3. The number of imidazole rings is 1. The van der Waals surface area contributed by atoms with Gasteiger partial charge in [0, 0.05) is 18.2 Å². The Morgan fingerprint density at radius 2 is 1.86 bits per heavy atom. The first kappa shape index (κ1) is 26.5. The molecule has 8 nitrogen and oxygen atoms in total. The van der Waals surface area contributed by atoms with E-state index in [4.69, 9.17) is 4.98 Å². The summed E-state index contributed by atoms with van der Waals surface area (Å²) in [5.41, 5.74) is 4.65. The number of carboxylic acids is 1. The van der Waals surface area contributed by atoms with Crippen molar-refractivity contribution in [2.24, 2.45) is 0 Å². The highest BCUT2D eigenvalue weighted by atomic mass is 79.9. The predicted octanol–water partition coefficient (Wildman–Crippen LogP) is 4.29. The first-order valence-corrected chi connectivity index (χ1v) is 12.9. The third-order valence-corrected chi connectivity index (χ3v) is 6.71. The lowest BCUT2D eigenvalue weighted by Gasteiger charge is -2.22. The summed E-state index contributed by atoms with van der Waals surface area (Å²) in [6, 6.07) is 15.6. The van der Waals surface area contributed by atoms with Crippen LogP contribution in [0.3, 0.4) is 0 Å². The maximum atomic E-state index is 13.3. The Hall–Kier alpha value is -3.56. The molecule has 0 spiro atoms. The van der Waals surface area contributed by atoms with Crippen molar-refractivity contribution in [3.63, 3.8) is 0 Å². The van der Waals surface area contributed by atoms with Crippen LogP contribution in [0.4, 0.5) is 0 Å². The molecular weight excluding hydrogens is 536 g/mol. The fraction of sp³-hybridized carbons (Fsp3) is 0.286. The van der Waals surface area contributed by atoms with Gasteiger partial charge >= 0.3 is 5.97 Å². The van der Waals surface area contributed by atoms with Crippen molar-refractivity contribution in [1.82, 2.24) is 19.9 Å². The van der Waals surface area contributed by atoms with Crippen molar-refractivity contribution in [2.75, 3.05) is 0 Å². The Labute approximate surface area is 223 Å². The molecule has 0 bridgehead atoms. The Kier molecular flexibility index (Phi) is 8.35. The highest BCUT2D eigenvalue weighted by Gasteiger charge is 2.28. The number of nitrogens with zero attached hydrogens (tertiary/aromatic N) is 3. The molecule has 0 fully saturated rings. The molecule has 4 rings (SSSR count). The van der Waals surface area contributed by atoms with Crippen LogP contribution in [-0.2, 0) is 24.2 Å². The summed E-state index contributed by atoms with van der Waals surface area (Å²) in [6.07, 6.45) is 1.93. The van der Waals surface area contributed by atoms with Gasteiger partial charge in [0.1, 0.15) is 10.4 Å². The number of nitrogens with one attached hydrogen (secondary N) is 1. The Morgan fingerprint density at radius 3 is 2.51 bits per heavy atom. The molecule has 0 saturated heterocycles. The largest absolute Gasteiger partial charge is 0.479 e. The number of carbonyl (C=O) groups is 2. The minimum Gasteiger partial charge on any atom is -0.479 e. The SMILES string of the molecule is CCCc1nc2c(C)cc(C(=O)N[C@H](Cc3ccccc3)[C@@H](O)C(=O)O)cc2n1Cc1ccc(Br)nc1. The number of hydrogen-bond donors (Lipinski definition) is 3. The second-order valence-corrected chi connectivity index (χ2v) is 9.88. The molecule has 0 aliphatic heterocycles. The van der Waals surface area contributed by atoms with Gasteiger partial charge in [0.15, 0.2) is 6.10 Å². The van der Waals surface area contributed by atoms with Gasteiger partial charge in [0.2, 0.25) is 0 Å². The van der Waals surface area contributed by atoms with Crippen molar-refractivity contribution in [2.45, 2.75) is 51.8 Å². The van der Waals surface area contributed by atoms with E-state index in [2.05, 4.69) is 37.7 Å². The van der Waals surface area contributed by atoms with Crippen molar-refractivity contribution in [3.05, 3.63) is 93.5 Å². The fourth-order valence-electron chi connectivity index (χ4n) is 4.38. The van der Waals surface area contributed by atoms with E-state index >= 15 is 0 Å². The highest BCUT2D eigenvalue weighted by Crippen LogP contribution is 2.25. The van der Waals surface area contributed by atoms with Crippen molar-refractivity contribution < 1.29 is 19.8 Å². The molecule has 37 heavy (non-hydrogen) atoms. The van der Waals surface area contributed by atoms with Gasteiger partial charge in [-0.25, -0.2) is 14.8 Å². The number of halogens is 1. The van der Waals surface area contributed by atoms with Gasteiger partial charge in [-0.2, -0.15) is 0 Å². The molecule has 2 aromatic heterocycles. The monoisotopic (exact) mass is 564 g/mol. The summed E-state index contributed by atoms with van der Waals surface area (Å²) in [5.74, 6) is -0.927. The molecule has 4 aromatic rings. The second kappa shape index (κ2) is 11.7. The lowest BCUT2D eigenvalue weighted by molar-refractivity contribution is -0.148. The van der Waals surface area contributed by atoms with E-state index in [9.17, 15) is 19.8 Å². The average Bonchev–Trinajstić information content (AvgIpc) is 3.22. The zero-order chi connectivity index (χ0) is 26.5. The van der Waals surface area contributed by atoms with E-state index in [-0.39, 0.29) is 6.42 Å². The molecule has 2 aromatic carbocycles. The third kappa shape index (κ3) is 6.23. The molecule has 0 radical (unpaired) electrons. The number of aliphatic hydroxyl groups is 1. The van der Waals surface area contributed by atoms with Crippen LogP contribution in [0.5, 0.6) is 0 Å². The molecule has 2 heterocycles. The normalized spacial score (nSPS) is 12.9. The Bertz CT molecular complexity index is 1400. The van der Waals surface area contributed by atoms with Crippen LogP contribution in [0.25, 0.3) is 11.0 Å². The number of benzene rings is 2. The number of pyridine rings is 1. The van der Waals surface area contributed by atoms with Crippen LogP contribution in [0, 0.1) is 6.92 Å². The van der Waals surface area contributed by atoms with Crippen LogP contribution in [0.1, 0.15) is 46.2 Å². The summed E-state index contributed by atoms with van der Waals surface area (Å²) >= 11 is 3.37. The molecule has 0 saturated carbocycles. The lowest BCUT2D eigenvalue weighted by Crippen LogP contribution is -2.48. The summed E-state index contributed by atoms with van der Waals surface area (Å²) in [6.45, 7) is 4.54. The Morgan fingerprint density at radius 1 is 1.11 bits per heavy atom. The molecule has 2 atom stereocenters. The number of aryl methyl sites for hydroxylation is 2. The van der Waals surface area contributed by atoms with Crippen molar-refractivity contribution in [3.8, 4) is 0 Å². The van der Waals surface area contributed by atoms with Crippen LogP contribution in [0.15, 0.2) is 65.4 Å². The Balaban J connectivity index is 1.69. The van der Waals surface area contributed by atoms with Crippen molar-refractivity contribution >= 4 is 38.8 Å². The van der Waals surface area contributed by atoms with Gasteiger partial charge in [-0.3, -0.25) is 4.79 Å². The molecule has 0 aliphatic rings. The topological polar surface area (TPSA) is 117 Å². The minimum atomic E-state index is -1.75. The van der Waals surface area contributed by atoms with Gasteiger partial charge in [0.05, 0.1) is 23.6 Å². The van der Waals surface area contributed by atoms with Crippen LogP contribution in [-0.4, -0.2) is 48.8 Å². The first-order valence-electron chi connectivity index (χ1n) is 12.1. The van der Waals surface area contributed by atoms with E-state index < -0.39 is 24.0 Å². The van der Waals surface area contributed by atoms with E-state index in [1.54, 1.807) is 18.3 Å². The quantitative estimate of drug-likeness (QED) is 0.247. The van der Waals surface area contributed by atoms with Gasteiger partial charge in [-0.1, -0.05) is 43.3 Å². The minimum absolute atomic E-state index is 0.177. The zero-order valence-electron chi connectivity index (χ0n) is 20.7. The van der Waals surface area contributed by atoms with Gasteiger partial charge in [0.25, 0.3) is 5.91 Å². The van der Waals surface area contributed by atoms with E-state index in [0.717, 1.165) is 51.0 Å². The summed E-state index contributed by atoms with van der Waals surface area (Å²) in [4.78, 5) is 34.1. The number of aliphatic hydroxyl groups excluding tert-OH is 1. The number of aliphatic carboxylic acids is 1. The number of carbonyl (C=O) groups excluding carboxylic acids is 1. The highest BCUT2D eigenvalue weighted by molar-refractivity contribution is 9.10. The third-order valence-electron chi connectivity index (χ3n) is 6.24. The van der Waals surface area contributed by atoms with Gasteiger partial charge in [-0.05, 0) is 70.6 Å². The number of carboxylic acid groups (broad SMARTS) is 1. The molecule has 3 N–H and O–H groups in total. The van der Waals surface area contributed by atoms with Crippen LogP contribution in [0.2, 0.25) is 0 Å². The second-order valence-electron chi connectivity index (χ2n) is 9.07. The average molecular weight is 565 g/mol. The summed E-state index contributed by atoms with van der Waals surface area (Å²) in [5, 5.41) is 22.5. The van der Waals surface area contributed by atoms with Crippen LogP contribution < -0.4 is 5.32 Å². The molecule has 0 aliphatic carbocycles. The van der Waals surface area contributed by atoms with Crippen molar-refractivity contribution in [1.29, 1.82) is 0 Å². The number of hydrogen-bond acceptors (Lipinski definition) is 5. The summed E-state index contributed by atoms with van der Waals surface area (Å²) < 4.78 is 2.85. The van der Waals surface area contributed by atoms with E-state index in [0.29, 0.717) is 12.1 Å². The zero-order valence-corrected chi connectivity index (χ0v) is 22.3. The predicted molar refractivity (Wildman–Crippen MR) is 145 cm³/mol. The van der Waals surface area contributed by atoms with Gasteiger partial charge in [-0.15, -0.1) is 0 Å². The number of fused-ring (bicyclic) bond motifs is 1. The molecular formula is C28H29BrN4O4. The summed E-state index contributed by atoms with van der Waals surface area (Å²) in [7, 11) is 0. The first-order chi connectivity index (χ1) is 17.8. The molecule has 192 valence electrons. The number of rotatable bonds is 10. The standard InChI is InChI=1S/C28H29BrN4O4/c1-3-7-24-32-25-17(2)12-20(14-22(25)33(24)16-19-10-11-23(29)30-15-19)27(35)31-21(26(34)28(36)37)13-18-8-5-4-6-9-18/h4-6,8-12,14-15,21,26,34H,3,7,13,16H2,1-2H3,(H,31,35)(H,36,37)/t21-,26-/m1/s1. The smallest absolute Gasteiger partial charge is 0.334 e. The lowest BCUT2D eigenvalue weighted by atomic mass is 10.0. The van der Waals surface area contributed by atoms with Crippen LogP contribution >= 0.6 is 15.9 Å². The fourth-order valence-corrected chi connectivity index (χ4v) is 4.61. The maximum absolute atomic E-state index is 13.3. The van der Waals surface area contributed by atoms with Gasteiger partial charge < -0.3 is 20.1 Å². The maximum Gasteiger partial charge on any atom is 0.334 e. The molecule has 1 amide bonds. The molecule has 0 unspecified atom stereocenters. The van der Waals surface area contributed by atoms with E-state index in [1.165, 1.54) is 0 Å². The molecule has 9 heteroatoms.